The van der Waals surface area contributed by atoms with Gasteiger partial charge in [0.2, 0.25) is 0 Å². The topological polar surface area (TPSA) is 29.5 Å². The predicted octanol–water partition coefficient (Wildman–Crippen LogP) is 2.06. The smallest absolute Gasteiger partial charge is 0.307 e. The van der Waals surface area contributed by atoms with E-state index >= 15 is 0 Å². The van der Waals surface area contributed by atoms with Crippen molar-refractivity contribution >= 4 is 5.97 Å². The Bertz CT molecular complexity index is 206. The van der Waals surface area contributed by atoms with Gasteiger partial charge in [0.1, 0.15) is 0 Å². The first-order valence-corrected chi connectivity index (χ1v) is 6.04. The Morgan fingerprint density at radius 2 is 2.20 bits per heavy atom. The lowest BCUT2D eigenvalue weighted by molar-refractivity contribution is -0.143. The Balaban J connectivity index is 2.28. The average molecular weight is 213 g/mol. The molecule has 1 rings (SSSR count). The minimum absolute atomic E-state index is 0.0667. The van der Waals surface area contributed by atoms with E-state index in [1.807, 2.05) is 6.92 Å². The maximum atomic E-state index is 11.2. The highest BCUT2D eigenvalue weighted by Crippen LogP contribution is 2.22. The second-order valence-corrected chi connectivity index (χ2v) is 4.45. The Morgan fingerprint density at radius 3 is 2.87 bits per heavy atom. The van der Waals surface area contributed by atoms with Crippen molar-refractivity contribution < 1.29 is 9.53 Å². The number of esters is 1. The second kappa shape index (κ2) is 6.11. The maximum absolute atomic E-state index is 11.2. The Labute approximate surface area is 92.8 Å². The summed E-state index contributed by atoms with van der Waals surface area (Å²) >= 11 is 0. The van der Waals surface area contributed by atoms with Gasteiger partial charge in [-0.05, 0) is 39.2 Å². The van der Waals surface area contributed by atoms with Crippen LogP contribution in [0.15, 0.2) is 0 Å². The molecule has 3 heteroatoms. The van der Waals surface area contributed by atoms with Crippen LogP contribution in [0.5, 0.6) is 0 Å². The van der Waals surface area contributed by atoms with Crippen molar-refractivity contribution in [2.45, 2.75) is 46.1 Å². The summed E-state index contributed by atoms with van der Waals surface area (Å²) in [6, 6.07) is 0.605. The molecule has 0 saturated carbocycles. The molecule has 0 aromatic rings. The van der Waals surface area contributed by atoms with Gasteiger partial charge in [0.15, 0.2) is 0 Å². The van der Waals surface area contributed by atoms with Gasteiger partial charge in [0.05, 0.1) is 13.0 Å². The van der Waals surface area contributed by atoms with Crippen LogP contribution >= 0.6 is 0 Å². The Kier molecular flexibility index (Phi) is 5.09. The molecule has 0 N–H and O–H groups in total. The van der Waals surface area contributed by atoms with Gasteiger partial charge in [0.25, 0.3) is 0 Å². The van der Waals surface area contributed by atoms with E-state index in [2.05, 4.69) is 18.7 Å². The molecule has 0 aromatic heterocycles. The first kappa shape index (κ1) is 12.5. The first-order chi connectivity index (χ1) is 7.15. The molecule has 0 bridgehead atoms. The number of ether oxygens (including phenoxy) is 1. The van der Waals surface area contributed by atoms with Gasteiger partial charge in [-0.2, -0.15) is 0 Å². The van der Waals surface area contributed by atoms with Crippen molar-refractivity contribution in [1.82, 2.24) is 4.90 Å². The fourth-order valence-corrected chi connectivity index (χ4v) is 2.20. The normalized spacial score (nSPS) is 27.7. The highest BCUT2D eigenvalue weighted by atomic mass is 16.5. The summed E-state index contributed by atoms with van der Waals surface area (Å²) in [7, 11) is 0. The van der Waals surface area contributed by atoms with Crippen molar-refractivity contribution in [3.63, 3.8) is 0 Å². The number of carbonyl (C=O) groups excluding carboxylic acids is 1. The van der Waals surface area contributed by atoms with Crippen LogP contribution in [0.3, 0.4) is 0 Å². The van der Waals surface area contributed by atoms with E-state index in [4.69, 9.17) is 4.74 Å². The van der Waals surface area contributed by atoms with Crippen LogP contribution in [-0.4, -0.2) is 36.6 Å². The molecule has 2 unspecified atom stereocenters. The lowest BCUT2D eigenvalue weighted by atomic mass is 9.92. The van der Waals surface area contributed by atoms with Crippen LogP contribution in [0, 0.1) is 5.92 Å². The van der Waals surface area contributed by atoms with E-state index in [-0.39, 0.29) is 5.97 Å². The standard InChI is InChI=1S/C12H23NO2/c1-4-15-12(14)7-9-13-8-5-6-10(2)11(13)3/h10-11H,4-9H2,1-3H3. The number of likely N-dealkylation sites (tertiary alicyclic amines) is 1. The quantitative estimate of drug-likeness (QED) is 0.669. The van der Waals surface area contributed by atoms with Crippen LogP contribution in [-0.2, 0) is 9.53 Å². The van der Waals surface area contributed by atoms with Crippen molar-refractivity contribution in [2.75, 3.05) is 19.7 Å². The molecule has 1 aliphatic heterocycles. The average Bonchev–Trinajstić information content (AvgIpc) is 2.21. The van der Waals surface area contributed by atoms with E-state index in [1.54, 1.807) is 0 Å². The molecule has 0 spiro atoms. The maximum Gasteiger partial charge on any atom is 0.307 e. The van der Waals surface area contributed by atoms with E-state index in [1.165, 1.54) is 12.8 Å². The monoisotopic (exact) mass is 213 g/mol. The minimum Gasteiger partial charge on any atom is -0.466 e. The van der Waals surface area contributed by atoms with Gasteiger partial charge >= 0.3 is 5.97 Å². The minimum atomic E-state index is -0.0667. The van der Waals surface area contributed by atoms with Crippen LogP contribution < -0.4 is 0 Å². The highest BCUT2D eigenvalue weighted by molar-refractivity contribution is 5.69. The zero-order valence-corrected chi connectivity index (χ0v) is 10.2. The third-order valence-corrected chi connectivity index (χ3v) is 3.41. The molecule has 15 heavy (non-hydrogen) atoms. The van der Waals surface area contributed by atoms with Crippen LogP contribution in [0.2, 0.25) is 0 Å². The summed E-state index contributed by atoms with van der Waals surface area (Å²) in [4.78, 5) is 13.6. The molecule has 1 aliphatic rings. The second-order valence-electron chi connectivity index (χ2n) is 4.45. The number of carbonyl (C=O) groups is 1. The van der Waals surface area contributed by atoms with Crippen LogP contribution in [0.4, 0.5) is 0 Å². The van der Waals surface area contributed by atoms with E-state index in [9.17, 15) is 4.79 Å². The Hall–Kier alpha value is -0.570. The van der Waals surface area contributed by atoms with E-state index < -0.39 is 0 Å². The van der Waals surface area contributed by atoms with Gasteiger partial charge < -0.3 is 4.74 Å². The molecule has 88 valence electrons. The molecule has 0 aliphatic carbocycles. The molecule has 3 nitrogen and oxygen atoms in total. The summed E-state index contributed by atoms with van der Waals surface area (Å²) in [6.07, 6.45) is 3.11. The van der Waals surface area contributed by atoms with Crippen LogP contribution in [0.1, 0.15) is 40.0 Å². The number of rotatable bonds is 4. The molecule has 1 fully saturated rings. The zero-order chi connectivity index (χ0) is 11.3. The molecule has 1 heterocycles. The van der Waals surface area contributed by atoms with Crippen LogP contribution in [0.25, 0.3) is 0 Å². The lowest BCUT2D eigenvalue weighted by Crippen LogP contribution is -2.43. The SMILES string of the molecule is CCOC(=O)CCN1CCCC(C)C1C. The molecule has 0 aromatic carbocycles. The zero-order valence-electron chi connectivity index (χ0n) is 10.2. The lowest BCUT2D eigenvalue weighted by Gasteiger charge is -2.37. The van der Waals surface area contributed by atoms with Crippen molar-refractivity contribution in [2.24, 2.45) is 5.92 Å². The third kappa shape index (κ3) is 3.82. The fourth-order valence-electron chi connectivity index (χ4n) is 2.20. The highest BCUT2D eigenvalue weighted by Gasteiger charge is 2.24. The van der Waals surface area contributed by atoms with Gasteiger partial charge in [-0.15, -0.1) is 0 Å². The van der Waals surface area contributed by atoms with Gasteiger partial charge in [-0.25, -0.2) is 0 Å². The number of hydrogen-bond donors (Lipinski definition) is 0. The Morgan fingerprint density at radius 1 is 1.47 bits per heavy atom. The summed E-state index contributed by atoms with van der Waals surface area (Å²) in [5.41, 5.74) is 0. The largest absolute Gasteiger partial charge is 0.466 e. The number of hydrogen-bond acceptors (Lipinski definition) is 3. The summed E-state index contributed by atoms with van der Waals surface area (Å²) in [5, 5.41) is 0. The van der Waals surface area contributed by atoms with E-state index in [0.717, 1.165) is 19.0 Å². The molecule has 0 amide bonds. The predicted molar refractivity (Wildman–Crippen MR) is 60.7 cm³/mol. The molecule has 2 atom stereocenters. The first-order valence-electron chi connectivity index (χ1n) is 6.04. The molecule has 0 radical (unpaired) electrons. The summed E-state index contributed by atoms with van der Waals surface area (Å²) in [6.45, 7) is 8.87. The molecular formula is C12H23NO2. The van der Waals surface area contributed by atoms with Crippen molar-refractivity contribution in [3.8, 4) is 0 Å². The summed E-state index contributed by atoms with van der Waals surface area (Å²) in [5.74, 6) is 0.684. The number of piperidine rings is 1. The van der Waals surface area contributed by atoms with Gasteiger partial charge in [-0.1, -0.05) is 6.92 Å². The number of nitrogens with zero attached hydrogens (tertiary/aromatic N) is 1. The van der Waals surface area contributed by atoms with Crippen molar-refractivity contribution in [3.05, 3.63) is 0 Å². The van der Waals surface area contributed by atoms with Gasteiger partial charge in [-0.3, -0.25) is 9.69 Å². The van der Waals surface area contributed by atoms with E-state index in [0.29, 0.717) is 19.1 Å². The fraction of sp³-hybridized carbons (Fsp3) is 0.917. The molecular weight excluding hydrogens is 190 g/mol. The summed E-state index contributed by atoms with van der Waals surface area (Å²) < 4.78 is 4.93. The van der Waals surface area contributed by atoms with Crippen molar-refractivity contribution in [1.29, 1.82) is 0 Å². The van der Waals surface area contributed by atoms with Gasteiger partial charge in [0, 0.05) is 12.6 Å². The third-order valence-electron chi connectivity index (χ3n) is 3.41. The molecule has 1 saturated heterocycles.